The molecule has 3 aromatic rings. The van der Waals surface area contributed by atoms with Gasteiger partial charge in [-0.2, -0.15) is 0 Å². The monoisotopic (exact) mass is 526 g/mol. The summed E-state index contributed by atoms with van der Waals surface area (Å²) in [5.41, 5.74) is 3.59. The van der Waals surface area contributed by atoms with Crippen LogP contribution in [0.5, 0.6) is 5.75 Å². The van der Waals surface area contributed by atoms with Gasteiger partial charge in [-0.3, -0.25) is 0 Å². The molecule has 0 saturated heterocycles. The van der Waals surface area contributed by atoms with E-state index in [0.717, 1.165) is 35.4 Å². The molecule has 0 aliphatic rings. The highest BCUT2D eigenvalue weighted by Gasteiger charge is 2.27. The first kappa shape index (κ1) is 29.1. The molecule has 1 heterocycles. The third kappa shape index (κ3) is 8.54. The summed E-state index contributed by atoms with van der Waals surface area (Å²) in [6.45, 7) is 7.47. The first-order valence-corrected chi connectivity index (χ1v) is 13.2. The first-order chi connectivity index (χ1) is 18.2. The molecule has 0 saturated carbocycles. The van der Waals surface area contributed by atoms with Gasteiger partial charge >= 0.3 is 11.6 Å². The number of fused-ring (bicyclic) bond motifs is 1. The second-order valence-corrected chi connectivity index (χ2v) is 9.54. The van der Waals surface area contributed by atoms with E-state index in [1.54, 1.807) is 18.2 Å². The molecule has 3 rings (SSSR count). The zero-order valence-electron chi connectivity index (χ0n) is 22.2. The molecule has 0 amide bonds. The first-order valence-electron chi connectivity index (χ1n) is 13.2. The molecule has 0 aliphatic heterocycles. The molecule has 5 nitrogen and oxygen atoms in total. The number of carbonyl (C=O) groups excluding carboxylic acids is 1. The minimum atomic E-state index is -2.87. The van der Waals surface area contributed by atoms with E-state index in [1.807, 2.05) is 19.1 Å². The lowest BCUT2D eigenvalue weighted by Gasteiger charge is -2.16. The Morgan fingerprint density at radius 2 is 1.76 bits per heavy atom. The molecule has 38 heavy (non-hydrogen) atoms. The number of rotatable bonds is 15. The fourth-order valence-electron chi connectivity index (χ4n) is 4.34. The van der Waals surface area contributed by atoms with Crippen molar-refractivity contribution in [2.75, 3.05) is 13.2 Å². The molecule has 0 fully saturated rings. The van der Waals surface area contributed by atoms with Crippen molar-refractivity contribution in [1.29, 1.82) is 0 Å². The number of hydrogen-bond acceptors (Lipinski definition) is 5. The summed E-state index contributed by atoms with van der Waals surface area (Å²) in [5, 5.41) is 0.752. The van der Waals surface area contributed by atoms with Crippen LogP contribution in [0.25, 0.3) is 22.1 Å². The Morgan fingerprint density at radius 3 is 2.47 bits per heavy atom. The Hall–Kier alpha value is -3.48. The Bertz CT molecular complexity index is 1300. The fourth-order valence-corrected chi connectivity index (χ4v) is 4.34. The van der Waals surface area contributed by atoms with E-state index in [0.29, 0.717) is 16.9 Å². The van der Waals surface area contributed by atoms with Gasteiger partial charge < -0.3 is 13.9 Å². The summed E-state index contributed by atoms with van der Waals surface area (Å²) in [6, 6.07) is 13.1. The third-order valence-electron chi connectivity index (χ3n) is 6.41. The van der Waals surface area contributed by atoms with Crippen LogP contribution in [-0.4, -0.2) is 25.1 Å². The molecular weight excluding hydrogens is 490 g/mol. The lowest BCUT2D eigenvalue weighted by molar-refractivity contribution is -0.138. The summed E-state index contributed by atoms with van der Waals surface area (Å²) in [5.74, 6) is -3.05. The number of benzene rings is 2. The second kappa shape index (κ2) is 13.9. The van der Waals surface area contributed by atoms with Crippen molar-refractivity contribution < 1.29 is 27.5 Å². The molecule has 0 bridgehead atoms. The number of carbonyl (C=O) groups is 1. The van der Waals surface area contributed by atoms with Crippen molar-refractivity contribution in [3.63, 3.8) is 0 Å². The minimum Gasteiger partial charge on any atom is -0.493 e. The maximum Gasteiger partial charge on any atom is 0.344 e. The minimum absolute atomic E-state index is 0.0646. The summed E-state index contributed by atoms with van der Waals surface area (Å²) in [6.07, 6.45) is 5.05. The fraction of sp³-hybridized carbons (Fsp3) is 0.419. The van der Waals surface area contributed by atoms with Gasteiger partial charge in [0.15, 0.2) is 0 Å². The number of hydrogen-bond donors (Lipinski definition) is 0. The van der Waals surface area contributed by atoms with Crippen molar-refractivity contribution >= 4 is 16.9 Å². The van der Waals surface area contributed by atoms with E-state index in [1.165, 1.54) is 18.4 Å². The third-order valence-corrected chi connectivity index (χ3v) is 6.41. The van der Waals surface area contributed by atoms with Crippen molar-refractivity contribution in [3.8, 4) is 16.9 Å². The zero-order valence-corrected chi connectivity index (χ0v) is 22.2. The number of ether oxygens (including phenoxy) is 2. The Balaban J connectivity index is 1.57. The van der Waals surface area contributed by atoms with Crippen molar-refractivity contribution in [3.05, 3.63) is 76.7 Å². The SMILES string of the molecule is C=CC(=O)OCCCC(F)(F)CCCOc1ccc2cc(-c3ccc(CCCCC)cc3C)c(=O)oc2c1. The summed E-state index contributed by atoms with van der Waals surface area (Å²) < 4.78 is 44.0. The average Bonchev–Trinajstić information content (AvgIpc) is 2.89. The standard InChI is InChI=1S/C31H36F2O5/c1-4-6-7-10-23-11-14-26(22(3)19-23)27-20-24-12-13-25(21-28(24)38-30(27)35)36-17-8-15-31(32,33)16-9-18-37-29(34)5-2/h5,11-14,19-21H,2,4,6-10,15-18H2,1,3H3. The molecule has 204 valence electrons. The second-order valence-electron chi connectivity index (χ2n) is 9.54. The molecule has 0 aliphatic carbocycles. The van der Waals surface area contributed by atoms with Crippen LogP contribution in [0.1, 0.15) is 63.0 Å². The van der Waals surface area contributed by atoms with Gasteiger partial charge in [0.25, 0.3) is 0 Å². The van der Waals surface area contributed by atoms with Crippen LogP contribution in [0.15, 0.2) is 64.3 Å². The summed E-state index contributed by atoms with van der Waals surface area (Å²) in [7, 11) is 0. The van der Waals surface area contributed by atoms with Gasteiger partial charge in [0.2, 0.25) is 5.92 Å². The summed E-state index contributed by atoms with van der Waals surface area (Å²) >= 11 is 0. The molecule has 0 radical (unpaired) electrons. The maximum absolute atomic E-state index is 14.0. The number of alkyl halides is 2. The van der Waals surface area contributed by atoms with Gasteiger partial charge in [-0.25, -0.2) is 18.4 Å². The number of halogens is 2. The predicted molar refractivity (Wildman–Crippen MR) is 146 cm³/mol. The molecule has 0 atom stereocenters. The quantitative estimate of drug-likeness (QED) is 0.0875. The van der Waals surface area contributed by atoms with E-state index in [4.69, 9.17) is 13.9 Å². The van der Waals surface area contributed by atoms with Gasteiger partial charge in [0.05, 0.1) is 18.8 Å². The van der Waals surface area contributed by atoms with E-state index in [2.05, 4.69) is 25.6 Å². The Labute approximate surface area is 222 Å². The largest absolute Gasteiger partial charge is 0.493 e. The van der Waals surface area contributed by atoms with Crippen molar-refractivity contribution in [2.24, 2.45) is 0 Å². The van der Waals surface area contributed by atoms with Crippen LogP contribution < -0.4 is 10.4 Å². The average molecular weight is 527 g/mol. The lowest BCUT2D eigenvalue weighted by atomic mass is 9.97. The highest BCUT2D eigenvalue weighted by atomic mass is 19.3. The van der Waals surface area contributed by atoms with Gasteiger partial charge in [-0.15, -0.1) is 0 Å². The van der Waals surface area contributed by atoms with Crippen LogP contribution >= 0.6 is 0 Å². The van der Waals surface area contributed by atoms with Gasteiger partial charge in [0.1, 0.15) is 11.3 Å². The maximum atomic E-state index is 14.0. The Morgan fingerprint density at radius 1 is 1.00 bits per heavy atom. The highest BCUT2D eigenvalue weighted by molar-refractivity contribution is 5.83. The van der Waals surface area contributed by atoms with Crippen molar-refractivity contribution in [1.82, 2.24) is 0 Å². The molecular formula is C31H36F2O5. The van der Waals surface area contributed by atoms with Crippen LogP contribution in [0.4, 0.5) is 8.78 Å². The number of esters is 1. The van der Waals surface area contributed by atoms with Crippen LogP contribution in [-0.2, 0) is 16.0 Å². The van der Waals surface area contributed by atoms with E-state index >= 15 is 0 Å². The molecule has 0 unspecified atom stereocenters. The smallest absolute Gasteiger partial charge is 0.344 e. The van der Waals surface area contributed by atoms with Crippen molar-refractivity contribution in [2.45, 2.75) is 71.1 Å². The normalized spacial score (nSPS) is 11.5. The van der Waals surface area contributed by atoms with Gasteiger partial charge in [-0.1, -0.05) is 44.5 Å². The molecule has 7 heteroatoms. The molecule has 0 N–H and O–H groups in total. The molecule has 2 aromatic carbocycles. The highest BCUT2D eigenvalue weighted by Crippen LogP contribution is 2.29. The van der Waals surface area contributed by atoms with Crippen LogP contribution in [0.3, 0.4) is 0 Å². The van der Waals surface area contributed by atoms with Gasteiger partial charge in [-0.05, 0) is 67.5 Å². The topological polar surface area (TPSA) is 65.7 Å². The molecule has 1 aromatic heterocycles. The lowest BCUT2D eigenvalue weighted by Crippen LogP contribution is -2.18. The van der Waals surface area contributed by atoms with Crippen LogP contribution in [0.2, 0.25) is 0 Å². The number of unbranched alkanes of at least 4 members (excludes halogenated alkanes) is 2. The van der Waals surface area contributed by atoms with E-state index < -0.39 is 17.5 Å². The zero-order chi connectivity index (χ0) is 27.5. The van der Waals surface area contributed by atoms with E-state index in [9.17, 15) is 18.4 Å². The predicted octanol–water partition coefficient (Wildman–Crippen LogP) is 7.80. The summed E-state index contributed by atoms with van der Waals surface area (Å²) in [4.78, 5) is 23.8. The number of aryl methyl sites for hydroxylation is 2. The van der Waals surface area contributed by atoms with Gasteiger partial charge in [0, 0.05) is 30.4 Å². The Kier molecular flexibility index (Phi) is 10.6. The van der Waals surface area contributed by atoms with Crippen LogP contribution in [0, 0.1) is 6.92 Å². The van der Waals surface area contributed by atoms with E-state index in [-0.39, 0.29) is 38.9 Å². The molecule has 0 spiro atoms.